The summed E-state index contributed by atoms with van der Waals surface area (Å²) in [6, 6.07) is 0.404. The quantitative estimate of drug-likeness (QED) is 0.758. The summed E-state index contributed by atoms with van der Waals surface area (Å²) in [6.45, 7) is 4.09. The number of hydrogen-bond donors (Lipinski definition) is 1. The highest BCUT2D eigenvalue weighted by Gasteiger charge is 2.23. The normalized spacial score (nSPS) is 29.8. The van der Waals surface area contributed by atoms with Gasteiger partial charge in [0.1, 0.15) is 0 Å². The topological polar surface area (TPSA) is 33.6 Å². The molecule has 80 valence electrons. The molecule has 0 aromatic carbocycles. The standard InChI is InChI=1S/C10H18N2OS/c1-8(9-4-2-6-13-9)12-10-11-5-3-7-14-10/h8-9H,2-7H2,1H3,(H,11,12). The molecule has 2 aliphatic rings. The van der Waals surface area contributed by atoms with Crippen molar-refractivity contribution in [3.8, 4) is 0 Å². The van der Waals surface area contributed by atoms with Crippen LogP contribution in [-0.2, 0) is 4.74 Å². The van der Waals surface area contributed by atoms with Crippen LogP contribution in [0.5, 0.6) is 0 Å². The second-order valence-corrected chi connectivity index (χ2v) is 4.96. The molecular weight excluding hydrogens is 196 g/mol. The molecule has 4 heteroatoms. The maximum absolute atomic E-state index is 5.63. The zero-order valence-corrected chi connectivity index (χ0v) is 9.48. The van der Waals surface area contributed by atoms with Crippen molar-refractivity contribution in [3.05, 3.63) is 0 Å². The Labute approximate surface area is 89.7 Å². The van der Waals surface area contributed by atoms with E-state index in [9.17, 15) is 0 Å². The molecule has 0 aliphatic carbocycles. The van der Waals surface area contributed by atoms with Crippen LogP contribution < -0.4 is 5.32 Å². The van der Waals surface area contributed by atoms with Crippen molar-refractivity contribution in [2.45, 2.75) is 38.3 Å². The van der Waals surface area contributed by atoms with E-state index in [2.05, 4.69) is 17.2 Å². The Balaban J connectivity index is 1.80. The van der Waals surface area contributed by atoms with Crippen LogP contribution in [-0.4, -0.2) is 36.2 Å². The van der Waals surface area contributed by atoms with Crippen LogP contribution in [0.1, 0.15) is 26.2 Å². The van der Waals surface area contributed by atoms with Crippen molar-refractivity contribution >= 4 is 16.9 Å². The van der Waals surface area contributed by atoms with E-state index in [4.69, 9.17) is 4.74 Å². The molecule has 0 bridgehead atoms. The van der Waals surface area contributed by atoms with Crippen LogP contribution in [0.4, 0.5) is 0 Å². The second-order valence-electron chi connectivity index (χ2n) is 3.87. The summed E-state index contributed by atoms with van der Waals surface area (Å²) in [4.78, 5) is 4.45. The van der Waals surface area contributed by atoms with Crippen molar-refractivity contribution < 1.29 is 4.74 Å². The first-order valence-corrected chi connectivity index (χ1v) is 6.40. The second kappa shape index (κ2) is 5.03. The highest BCUT2D eigenvalue weighted by molar-refractivity contribution is 8.13. The lowest BCUT2D eigenvalue weighted by Crippen LogP contribution is -2.40. The summed E-state index contributed by atoms with van der Waals surface area (Å²) in [5.41, 5.74) is 0. The zero-order valence-electron chi connectivity index (χ0n) is 8.66. The lowest BCUT2D eigenvalue weighted by molar-refractivity contribution is 0.0895. The lowest BCUT2D eigenvalue weighted by atomic mass is 10.1. The minimum Gasteiger partial charge on any atom is -0.376 e. The van der Waals surface area contributed by atoms with Gasteiger partial charge in [0.15, 0.2) is 5.17 Å². The van der Waals surface area contributed by atoms with E-state index in [-0.39, 0.29) is 0 Å². The molecule has 1 N–H and O–H groups in total. The molecule has 2 aliphatic heterocycles. The molecule has 2 unspecified atom stereocenters. The molecule has 1 fully saturated rings. The van der Waals surface area contributed by atoms with Crippen LogP contribution in [0.3, 0.4) is 0 Å². The van der Waals surface area contributed by atoms with Crippen LogP contribution in [0.2, 0.25) is 0 Å². The first-order chi connectivity index (χ1) is 6.86. The molecule has 0 amide bonds. The Bertz CT molecular complexity index is 214. The van der Waals surface area contributed by atoms with Crippen LogP contribution in [0.15, 0.2) is 4.99 Å². The highest BCUT2D eigenvalue weighted by atomic mass is 32.2. The number of hydrogen-bond acceptors (Lipinski definition) is 4. The molecule has 0 spiro atoms. The van der Waals surface area contributed by atoms with Gasteiger partial charge in [-0.3, -0.25) is 4.99 Å². The average Bonchev–Trinajstić information content (AvgIpc) is 2.72. The third-order valence-electron chi connectivity index (χ3n) is 2.67. The minimum atomic E-state index is 0.389. The van der Waals surface area contributed by atoms with Gasteiger partial charge in [0.05, 0.1) is 12.1 Å². The van der Waals surface area contributed by atoms with E-state index >= 15 is 0 Å². The maximum Gasteiger partial charge on any atom is 0.156 e. The van der Waals surface area contributed by atoms with Gasteiger partial charge in [-0.2, -0.15) is 0 Å². The van der Waals surface area contributed by atoms with Crippen LogP contribution >= 0.6 is 11.8 Å². The molecule has 0 aromatic heterocycles. The fraction of sp³-hybridized carbons (Fsp3) is 0.900. The van der Waals surface area contributed by atoms with Gasteiger partial charge in [-0.15, -0.1) is 0 Å². The van der Waals surface area contributed by atoms with Gasteiger partial charge < -0.3 is 10.1 Å². The maximum atomic E-state index is 5.63. The fourth-order valence-corrected chi connectivity index (χ4v) is 2.75. The number of nitrogens with zero attached hydrogens (tertiary/aromatic N) is 1. The van der Waals surface area contributed by atoms with Crippen molar-refractivity contribution in [2.24, 2.45) is 4.99 Å². The molecule has 1 saturated heterocycles. The molecular formula is C10H18N2OS. The van der Waals surface area contributed by atoms with Gasteiger partial charge in [0, 0.05) is 18.9 Å². The predicted octanol–water partition coefficient (Wildman–Crippen LogP) is 1.64. The molecule has 2 atom stereocenters. The van der Waals surface area contributed by atoms with Crippen molar-refractivity contribution in [2.75, 3.05) is 18.9 Å². The van der Waals surface area contributed by atoms with E-state index in [0.717, 1.165) is 18.3 Å². The molecule has 14 heavy (non-hydrogen) atoms. The molecule has 3 nitrogen and oxygen atoms in total. The van der Waals surface area contributed by atoms with Gasteiger partial charge in [-0.1, -0.05) is 11.8 Å². The van der Waals surface area contributed by atoms with Crippen molar-refractivity contribution in [1.29, 1.82) is 0 Å². The smallest absolute Gasteiger partial charge is 0.156 e. The third-order valence-corrected chi connectivity index (χ3v) is 3.68. The van der Waals surface area contributed by atoms with Crippen LogP contribution in [0, 0.1) is 0 Å². The Kier molecular flexibility index (Phi) is 3.70. The molecule has 0 aromatic rings. The fourth-order valence-electron chi connectivity index (χ4n) is 1.83. The van der Waals surface area contributed by atoms with Gasteiger partial charge in [0.2, 0.25) is 0 Å². The van der Waals surface area contributed by atoms with Crippen LogP contribution in [0.25, 0.3) is 0 Å². The SMILES string of the molecule is CC(NC1=NCCCS1)C1CCCO1. The van der Waals surface area contributed by atoms with E-state index < -0.39 is 0 Å². The lowest BCUT2D eigenvalue weighted by Gasteiger charge is -2.23. The number of rotatable bonds is 2. The van der Waals surface area contributed by atoms with E-state index in [1.807, 2.05) is 11.8 Å². The highest BCUT2D eigenvalue weighted by Crippen LogP contribution is 2.17. The number of aliphatic imine (C=N–C) groups is 1. The summed E-state index contributed by atoms with van der Waals surface area (Å²) in [5, 5.41) is 4.56. The Morgan fingerprint density at radius 1 is 1.57 bits per heavy atom. The Hall–Kier alpha value is -0.220. The van der Waals surface area contributed by atoms with Crippen molar-refractivity contribution in [3.63, 3.8) is 0 Å². The average molecular weight is 214 g/mol. The third kappa shape index (κ3) is 2.64. The van der Waals surface area contributed by atoms with E-state index in [0.29, 0.717) is 12.1 Å². The van der Waals surface area contributed by atoms with E-state index in [1.165, 1.54) is 25.0 Å². The number of thioether (sulfide) groups is 1. The molecule has 0 radical (unpaired) electrons. The molecule has 2 heterocycles. The predicted molar refractivity (Wildman–Crippen MR) is 60.9 cm³/mol. The summed E-state index contributed by atoms with van der Waals surface area (Å²) in [5.74, 6) is 1.20. The van der Waals surface area contributed by atoms with Crippen molar-refractivity contribution in [1.82, 2.24) is 5.32 Å². The minimum absolute atomic E-state index is 0.389. The van der Waals surface area contributed by atoms with E-state index in [1.54, 1.807) is 0 Å². The monoisotopic (exact) mass is 214 g/mol. The molecule has 0 saturated carbocycles. The zero-order chi connectivity index (χ0) is 9.80. The summed E-state index contributed by atoms with van der Waals surface area (Å²) < 4.78 is 5.63. The van der Waals surface area contributed by atoms with Gasteiger partial charge in [-0.25, -0.2) is 0 Å². The summed E-state index contributed by atoms with van der Waals surface area (Å²) in [7, 11) is 0. The largest absolute Gasteiger partial charge is 0.376 e. The van der Waals surface area contributed by atoms with Gasteiger partial charge >= 0.3 is 0 Å². The summed E-state index contributed by atoms with van der Waals surface area (Å²) >= 11 is 1.83. The first-order valence-electron chi connectivity index (χ1n) is 5.41. The number of ether oxygens (including phenoxy) is 1. The molecule has 2 rings (SSSR count). The van der Waals surface area contributed by atoms with Gasteiger partial charge in [0.25, 0.3) is 0 Å². The first kappa shape index (κ1) is 10.3. The Morgan fingerprint density at radius 3 is 3.14 bits per heavy atom. The Morgan fingerprint density at radius 2 is 2.50 bits per heavy atom. The summed E-state index contributed by atoms with van der Waals surface area (Å²) in [6.07, 6.45) is 3.99. The van der Waals surface area contributed by atoms with Gasteiger partial charge in [-0.05, 0) is 26.2 Å². The number of amidine groups is 1. The number of nitrogens with one attached hydrogen (secondary N) is 1.